The number of carbonyl (C=O) groups excluding carboxylic acids is 1. The number of Topliss-reactive ketones (excluding diaryl/α,β-unsaturated/α-hetero) is 1. The highest BCUT2D eigenvalue weighted by molar-refractivity contribution is 9.10. The van der Waals surface area contributed by atoms with E-state index in [1.165, 1.54) is 0 Å². The van der Waals surface area contributed by atoms with Gasteiger partial charge in [-0.25, -0.2) is 0 Å². The zero-order valence-corrected chi connectivity index (χ0v) is 9.10. The van der Waals surface area contributed by atoms with Gasteiger partial charge in [0.15, 0.2) is 5.78 Å². The van der Waals surface area contributed by atoms with E-state index >= 15 is 0 Å². The third-order valence-corrected chi connectivity index (χ3v) is 2.26. The molecule has 0 bridgehead atoms. The van der Waals surface area contributed by atoms with E-state index in [0.717, 1.165) is 4.47 Å². The first-order valence-corrected chi connectivity index (χ1v) is 4.78. The summed E-state index contributed by atoms with van der Waals surface area (Å²) in [5.41, 5.74) is 8.72. The van der Waals surface area contributed by atoms with E-state index < -0.39 is 6.04 Å². The van der Waals surface area contributed by atoms with Crippen LogP contribution in [0.4, 0.5) is 0 Å². The predicted molar refractivity (Wildman–Crippen MR) is 57.1 cm³/mol. The second kappa shape index (κ2) is 4.79. The molecule has 0 aliphatic rings. The molecule has 4 nitrogen and oxygen atoms in total. The van der Waals surface area contributed by atoms with Gasteiger partial charge in [-0.1, -0.05) is 33.2 Å². The van der Waals surface area contributed by atoms with Gasteiger partial charge < -0.3 is 0 Å². The number of halogens is 1. The molecule has 72 valence electrons. The van der Waals surface area contributed by atoms with Crippen LogP contribution in [0.3, 0.4) is 0 Å². The van der Waals surface area contributed by atoms with Crippen molar-refractivity contribution in [2.75, 3.05) is 0 Å². The molecule has 1 atom stereocenters. The molecular formula is C9H8BrN3O. The molecule has 14 heavy (non-hydrogen) atoms. The van der Waals surface area contributed by atoms with Crippen molar-refractivity contribution in [2.45, 2.75) is 13.0 Å². The van der Waals surface area contributed by atoms with Gasteiger partial charge in [0.05, 0.1) is 6.04 Å². The van der Waals surface area contributed by atoms with Gasteiger partial charge in [-0.2, -0.15) is 0 Å². The smallest absolute Gasteiger partial charge is 0.171 e. The number of rotatable bonds is 3. The molecule has 0 fully saturated rings. The Morgan fingerprint density at radius 1 is 1.50 bits per heavy atom. The third kappa shape index (κ3) is 2.58. The van der Waals surface area contributed by atoms with Gasteiger partial charge in [-0.15, -0.1) is 0 Å². The minimum absolute atomic E-state index is 0.171. The monoisotopic (exact) mass is 253 g/mol. The summed E-state index contributed by atoms with van der Waals surface area (Å²) in [6.07, 6.45) is 0. The van der Waals surface area contributed by atoms with Gasteiger partial charge in [0.2, 0.25) is 0 Å². The average molecular weight is 254 g/mol. The summed E-state index contributed by atoms with van der Waals surface area (Å²) in [4.78, 5) is 14.2. The molecule has 0 aliphatic carbocycles. The van der Waals surface area contributed by atoms with E-state index in [1.807, 2.05) is 0 Å². The van der Waals surface area contributed by atoms with Crippen molar-refractivity contribution < 1.29 is 4.79 Å². The fourth-order valence-electron chi connectivity index (χ4n) is 0.985. The lowest BCUT2D eigenvalue weighted by Gasteiger charge is -2.03. The first-order valence-electron chi connectivity index (χ1n) is 3.99. The first-order chi connectivity index (χ1) is 6.65. The predicted octanol–water partition coefficient (Wildman–Crippen LogP) is 3.33. The SMILES string of the molecule is CC(N=[N+]=[N-])C(=O)c1ccc(Br)cc1. The second-order valence-electron chi connectivity index (χ2n) is 2.75. The van der Waals surface area contributed by atoms with Crippen LogP contribution in [-0.2, 0) is 0 Å². The molecule has 1 rings (SSSR count). The Bertz CT molecular complexity index is 382. The molecule has 0 spiro atoms. The standard InChI is InChI=1S/C9H8BrN3O/c1-6(12-13-11)9(14)7-2-4-8(10)5-3-7/h2-6H,1H3. The lowest BCUT2D eigenvalue weighted by Crippen LogP contribution is -2.13. The number of nitrogens with zero attached hydrogens (tertiary/aromatic N) is 3. The molecule has 0 aromatic heterocycles. The normalized spacial score (nSPS) is 11.6. The Balaban J connectivity index is 2.89. The lowest BCUT2D eigenvalue weighted by atomic mass is 10.1. The molecular weight excluding hydrogens is 246 g/mol. The van der Waals surface area contributed by atoms with E-state index in [4.69, 9.17) is 5.53 Å². The Labute approximate surface area is 89.7 Å². The van der Waals surface area contributed by atoms with Crippen LogP contribution in [0.2, 0.25) is 0 Å². The van der Waals surface area contributed by atoms with Crippen LogP contribution in [0.1, 0.15) is 17.3 Å². The lowest BCUT2D eigenvalue weighted by molar-refractivity contribution is 0.0968. The molecule has 1 aromatic carbocycles. The van der Waals surface area contributed by atoms with Gasteiger partial charge >= 0.3 is 0 Å². The van der Waals surface area contributed by atoms with Gasteiger partial charge in [0.25, 0.3) is 0 Å². The van der Waals surface area contributed by atoms with E-state index in [0.29, 0.717) is 5.56 Å². The summed E-state index contributed by atoms with van der Waals surface area (Å²) in [5.74, 6) is -0.171. The maximum absolute atomic E-state index is 11.6. The van der Waals surface area contributed by atoms with Crippen molar-refractivity contribution in [3.05, 3.63) is 44.7 Å². The highest BCUT2D eigenvalue weighted by Gasteiger charge is 2.12. The Morgan fingerprint density at radius 2 is 2.07 bits per heavy atom. The van der Waals surface area contributed by atoms with Crippen LogP contribution in [0, 0.1) is 0 Å². The van der Waals surface area contributed by atoms with E-state index in [1.54, 1.807) is 31.2 Å². The second-order valence-corrected chi connectivity index (χ2v) is 3.67. The first kappa shape index (κ1) is 10.8. The van der Waals surface area contributed by atoms with Crippen molar-refractivity contribution in [2.24, 2.45) is 5.11 Å². The van der Waals surface area contributed by atoms with E-state index in [-0.39, 0.29) is 5.78 Å². The molecule has 0 radical (unpaired) electrons. The average Bonchev–Trinajstić information content (AvgIpc) is 2.18. The summed E-state index contributed by atoms with van der Waals surface area (Å²) >= 11 is 3.27. The fraction of sp³-hybridized carbons (Fsp3) is 0.222. The molecule has 1 aromatic rings. The molecule has 0 amide bonds. The van der Waals surface area contributed by atoms with Crippen molar-refractivity contribution >= 4 is 21.7 Å². The van der Waals surface area contributed by atoms with Crippen LogP contribution < -0.4 is 0 Å². The van der Waals surface area contributed by atoms with Crippen molar-refractivity contribution in [1.82, 2.24) is 0 Å². The van der Waals surface area contributed by atoms with Gasteiger partial charge in [-0.05, 0) is 24.6 Å². The zero-order chi connectivity index (χ0) is 10.6. The third-order valence-electron chi connectivity index (χ3n) is 1.73. The van der Waals surface area contributed by atoms with Crippen LogP contribution in [0.25, 0.3) is 10.4 Å². The number of azide groups is 1. The molecule has 0 N–H and O–H groups in total. The summed E-state index contributed by atoms with van der Waals surface area (Å²) in [6, 6.07) is 6.28. The van der Waals surface area contributed by atoms with Gasteiger partial charge in [0.1, 0.15) is 0 Å². The summed E-state index contributed by atoms with van der Waals surface area (Å²) in [5, 5.41) is 3.34. The minimum atomic E-state index is -0.652. The molecule has 1 unspecified atom stereocenters. The summed E-state index contributed by atoms with van der Waals surface area (Å²) < 4.78 is 0.908. The highest BCUT2D eigenvalue weighted by atomic mass is 79.9. The quantitative estimate of drug-likeness (QED) is 0.353. The zero-order valence-electron chi connectivity index (χ0n) is 7.51. The van der Waals surface area contributed by atoms with E-state index in [2.05, 4.69) is 26.0 Å². The Morgan fingerprint density at radius 3 is 2.57 bits per heavy atom. The largest absolute Gasteiger partial charge is 0.294 e. The van der Waals surface area contributed by atoms with Gasteiger partial charge in [0, 0.05) is 14.9 Å². The fourth-order valence-corrected chi connectivity index (χ4v) is 1.25. The molecule has 0 saturated heterocycles. The number of hydrogen-bond donors (Lipinski definition) is 0. The highest BCUT2D eigenvalue weighted by Crippen LogP contribution is 2.12. The van der Waals surface area contributed by atoms with Crippen molar-refractivity contribution in [1.29, 1.82) is 0 Å². The van der Waals surface area contributed by atoms with Crippen molar-refractivity contribution in [3.63, 3.8) is 0 Å². The molecule has 0 heterocycles. The molecule has 5 heteroatoms. The van der Waals surface area contributed by atoms with E-state index in [9.17, 15) is 4.79 Å². The number of hydrogen-bond acceptors (Lipinski definition) is 2. The van der Waals surface area contributed by atoms with Gasteiger partial charge in [-0.3, -0.25) is 4.79 Å². The number of ketones is 1. The maximum atomic E-state index is 11.6. The number of carbonyl (C=O) groups is 1. The maximum Gasteiger partial charge on any atom is 0.171 e. The summed E-state index contributed by atoms with van der Waals surface area (Å²) in [6.45, 7) is 1.57. The Kier molecular flexibility index (Phi) is 3.68. The molecule has 0 saturated carbocycles. The topological polar surface area (TPSA) is 65.8 Å². The van der Waals surface area contributed by atoms with Crippen LogP contribution >= 0.6 is 15.9 Å². The van der Waals surface area contributed by atoms with Crippen LogP contribution in [-0.4, -0.2) is 11.8 Å². The number of benzene rings is 1. The summed E-state index contributed by atoms with van der Waals surface area (Å²) in [7, 11) is 0. The Hall–Kier alpha value is -1.32. The van der Waals surface area contributed by atoms with Crippen LogP contribution in [0.15, 0.2) is 33.9 Å². The molecule has 0 aliphatic heterocycles. The minimum Gasteiger partial charge on any atom is -0.294 e. The van der Waals surface area contributed by atoms with Crippen molar-refractivity contribution in [3.8, 4) is 0 Å². The van der Waals surface area contributed by atoms with Crippen LogP contribution in [0.5, 0.6) is 0 Å².